The number of nitrogens with zero attached hydrogens (tertiary/aromatic N) is 1. The molecule has 23 heavy (non-hydrogen) atoms. The summed E-state index contributed by atoms with van der Waals surface area (Å²) in [6.45, 7) is 2.73. The van der Waals surface area contributed by atoms with Gasteiger partial charge in [0.25, 0.3) is 5.91 Å². The molecule has 0 aliphatic carbocycles. The van der Waals surface area contributed by atoms with E-state index >= 15 is 0 Å². The summed E-state index contributed by atoms with van der Waals surface area (Å²) in [5, 5.41) is 0.865. The molecule has 0 N–H and O–H groups in total. The van der Waals surface area contributed by atoms with Crippen molar-refractivity contribution in [3.05, 3.63) is 70.1 Å². The van der Waals surface area contributed by atoms with Gasteiger partial charge in [0.1, 0.15) is 11.4 Å². The van der Waals surface area contributed by atoms with Crippen molar-refractivity contribution in [1.82, 2.24) is 4.90 Å². The molecule has 0 saturated heterocycles. The van der Waals surface area contributed by atoms with Gasteiger partial charge in [-0.25, -0.2) is 4.39 Å². The first-order chi connectivity index (χ1) is 11.1. The van der Waals surface area contributed by atoms with Crippen LogP contribution in [0.4, 0.5) is 4.39 Å². The van der Waals surface area contributed by atoms with Gasteiger partial charge in [0.15, 0.2) is 5.76 Å². The molecule has 2 aromatic carbocycles. The molecule has 0 atom stereocenters. The van der Waals surface area contributed by atoms with E-state index in [-0.39, 0.29) is 17.5 Å². The van der Waals surface area contributed by atoms with E-state index in [1.807, 2.05) is 25.1 Å². The summed E-state index contributed by atoms with van der Waals surface area (Å²) < 4.78 is 19.8. The van der Waals surface area contributed by atoms with Crippen molar-refractivity contribution >= 4 is 32.8 Å². The number of fused-ring (bicyclic) bond motifs is 1. The van der Waals surface area contributed by atoms with Crippen LogP contribution in [0.2, 0.25) is 0 Å². The predicted molar refractivity (Wildman–Crippen MR) is 90.7 cm³/mol. The first-order valence-corrected chi connectivity index (χ1v) is 8.09. The summed E-state index contributed by atoms with van der Waals surface area (Å²) in [5.74, 6) is -0.233. The molecule has 1 aromatic heterocycles. The van der Waals surface area contributed by atoms with Gasteiger partial charge < -0.3 is 9.32 Å². The lowest BCUT2D eigenvalue weighted by Gasteiger charge is -2.19. The van der Waals surface area contributed by atoms with Crippen LogP contribution in [0.3, 0.4) is 0 Å². The lowest BCUT2D eigenvalue weighted by Crippen LogP contribution is -2.30. The summed E-state index contributed by atoms with van der Waals surface area (Å²) in [6, 6.07) is 13.6. The first kappa shape index (κ1) is 15.7. The minimum absolute atomic E-state index is 0.208. The second-order valence-electron chi connectivity index (χ2n) is 5.22. The van der Waals surface area contributed by atoms with Crippen molar-refractivity contribution in [2.75, 3.05) is 6.54 Å². The second kappa shape index (κ2) is 6.54. The fourth-order valence-corrected chi connectivity index (χ4v) is 2.93. The third-order valence-electron chi connectivity index (χ3n) is 3.64. The highest BCUT2D eigenvalue weighted by Gasteiger charge is 2.19. The molecule has 1 heterocycles. The fraction of sp³-hybridized carbons (Fsp3) is 0.167. The van der Waals surface area contributed by atoms with Crippen LogP contribution >= 0.6 is 15.9 Å². The standard InChI is InChI=1S/C18H15BrFNO2/c1-2-21(11-12-5-3-7-14(20)9-12)18(22)16-10-13-6-4-8-15(19)17(13)23-16/h3-10H,2,11H2,1H3. The highest BCUT2D eigenvalue weighted by molar-refractivity contribution is 9.10. The molecule has 0 aliphatic heterocycles. The van der Waals surface area contributed by atoms with E-state index in [0.717, 1.165) is 15.4 Å². The van der Waals surface area contributed by atoms with Crippen molar-refractivity contribution in [2.24, 2.45) is 0 Å². The minimum Gasteiger partial charge on any atom is -0.450 e. The molecule has 5 heteroatoms. The van der Waals surface area contributed by atoms with Crippen molar-refractivity contribution in [1.29, 1.82) is 0 Å². The van der Waals surface area contributed by atoms with Crippen LogP contribution in [0.15, 0.2) is 57.4 Å². The Morgan fingerprint density at radius 3 is 2.70 bits per heavy atom. The van der Waals surface area contributed by atoms with Gasteiger partial charge in [-0.3, -0.25) is 4.79 Å². The largest absolute Gasteiger partial charge is 0.450 e. The van der Waals surface area contributed by atoms with Gasteiger partial charge in [-0.05, 0) is 52.7 Å². The number of hydrogen-bond donors (Lipinski definition) is 0. The highest BCUT2D eigenvalue weighted by Crippen LogP contribution is 2.27. The summed E-state index contributed by atoms with van der Waals surface area (Å²) in [6.07, 6.45) is 0. The molecule has 0 saturated carbocycles. The summed E-state index contributed by atoms with van der Waals surface area (Å²) in [4.78, 5) is 14.3. The zero-order chi connectivity index (χ0) is 16.4. The number of carbonyl (C=O) groups excluding carboxylic acids is 1. The van der Waals surface area contributed by atoms with E-state index in [1.165, 1.54) is 12.1 Å². The average molecular weight is 376 g/mol. The normalized spacial score (nSPS) is 10.9. The van der Waals surface area contributed by atoms with Crippen LogP contribution in [0, 0.1) is 5.82 Å². The number of rotatable bonds is 4. The molecule has 3 rings (SSSR count). The lowest BCUT2D eigenvalue weighted by molar-refractivity contribution is 0.0722. The zero-order valence-corrected chi connectivity index (χ0v) is 14.1. The molecule has 0 fully saturated rings. The molecule has 3 nitrogen and oxygen atoms in total. The van der Waals surface area contributed by atoms with E-state index in [1.54, 1.807) is 23.1 Å². The van der Waals surface area contributed by atoms with E-state index in [0.29, 0.717) is 18.7 Å². The van der Waals surface area contributed by atoms with Crippen molar-refractivity contribution in [3.63, 3.8) is 0 Å². The van der Waals surface area contributed by atoms with E-state index < -0.39 is 0 Å². The Hall–Kier alpha value is -2.14. The molecule has 3 aromatic rings. The summed E-state index contributed by atoms with van der Waals surface area (Å²) in [5.41, 5.74) is 1.40. The Bertz CT molecular complexity index is 859. The van der Waals surface area contributed by atoms with Crippen molar-refractivity contribution in [3.8, 4) is 0 Å². The maximum atomic E-state index is 13.3. The molecular weight excluding hydrogens is 361 g/mol. The second-order valence-corrected chi connectivity index (χ2v) is 6.07. The Balaban J connectivity index is 1.88. The SMILES string of the molecule is CCN(Cc1cccc(F)c1)C(=O)c1cc2cccc(Br)c2o1. The van der Waals surface area contributed by atoms with Gasteiger partial charge >= 0.3 is 0 Å². The lowest BCUT2D eigenvalue weighted by atomic mass is 10.2. The number of furan rings is 1. The van der Waals surface area contributed by atoms with Crippen LogP contribution in [-0.2, 0) is 6.54 Å². The smallest absolute Gasteiger partial charge is 0.289 e. The third kappa shape index (κ3) is 3.29. The molecular formula is C18H15BrFNO2. The topological polar surface area (TPSA) is 33.5 Å². The van der Waals surface area contributed by atoms with E-state index in [9.17, 15) is 9.18 Å². The van der Waals surface area contributed by atoms with Gasteiger partial charge in [0.2, 0.25) is 0 Å². The number of para-hydroxylation sites is 1. The van der Waals surface area contributed by atoms with Gasteiger partial charge in [-0.1, -0.05) is 24.3 Å². The summed E-state index contributed by atoms with van der Waals surface area (Å²) >= 11 is 3.41. The van der Waals surface area contributed by atoms with Crippen LogP contribution in [0.25, 0.3) is 11.0 Å². The maximum Gasteiger partial charge on any atom is 0.289 e. The minimum atomic E-state index is -0.307. The number of halogens is 2. The first-order valence-electron chi connectivity index (χ1n) is 7.30. The monoisotopic (exact) mass is 375 g/mol. The average Bonchev–Trinajstić information content (AvgIpc) is 2.98. The van der Waals surface area contributed by atoms with Gasteiger partial charge in [-0.15, -0.1) is 0 Å². The Morgan fingerprint density at radius 2 is 2.00 bits per heavy atom. The number of hydrogen-bond acceptors (Lipinski definition) is 2. The van der Waals surface area contributed by atoms with Crippen LogP contribution in [0.5, 0.6) is 0 Å². The van der Waals surface area contributed by atoms with Gasteiger partial charge in [-0.2, -0.15) is 0 Å². The molecule has 0 bridgehead atoms. The predicted octanol–water partition coefficient (Wildman–Crippen LogP) is 5.00. The van der Waals surface area contributed by atoms with Crippen LogP contribution in [-0.4, -0.2) is 17.4 Å². The van der Waals surface area contributed by atoms with Crippen molar-refractivity contribution in [2.45, 2.75) is 13.5 Å². The maximum absolute atomic E-state index is 13.3. The van der Waals surface area contributed by atoms with Crippen molar-refractivity contribution < 1.29 is 13.6 Å². The van der Waals surface area contributed by atoms with E-state index in [4.69, 9.17) is 4.42 Å². The quantitative estimate of drug-likeness (QED) is 0.642. The molecule has 1 amide bonds. The summed E-state index contributed by atoms with van der Waals surface area (Å²) in [7, 11) is 0. The molecule has 118 valence electrons. The molecule has 0 unspecified atom stereocenters. The Labute approximate surface area is 141 Å². The van der Waals surface area contributed by atoms with Crippen LogP contribution in [0.1, 0.15) is 23.0 Å². The van der Waals surface area contributed by atoms with Gasteiger partial charge in [0, 0.05) is 18.5 Å². The number of carbonyl (C=O) groups is 1. The Kier molecular flexibility index (Phi) is 4.48. The van der Waals surface area contributed by atoms with E-state index in [2.05, 4.69) is 15.9 Å². The molecule has 0 spiro atoms. The highest BCUT2D eigenvalue weighted by atomic mass is 79.9. The number of benzene rings is 2. The van der Waals surface area contributed by atoms with Crippen LogP contribution < -0.4 is 0 Å². The third-order valence-corrected chi connectivity index (χ3v) is 4.26. The molecule has 0 radical (unpaired) electrons. The molecule has 0 aliphatic rings. The zero-order valence-electron chi connectivity index (χ0n) is 12.6. The Morgan fingerprint density at radius 1 is 1.22 bits per heavy atom. The number of amides is 1. The fourth-order valence-electron chi connectivity index (χ4n) is 2.47. The van der Waals surface area contributed by atoms with Gasteiger partial charge in [0.05, 0.1) is 4.47 Å².